The van der Waals surface area contributed by atoms with E-state index in [0.717, 1.165) is 16.6 Å². The highest BCUT2D eigenvalue weighted by atomic mass is 35.5. The molecule has 0 bridgehead atoms. The van der Waals surface area contributed by atoms with Gasteiger partial charge in [0, 0.05) is 24.8 Å². The number of hydrogen-bond acceptors (Lipinski definition) is 5. The quantitative estimate of drug-likeness (QED) is 0.536. The molecule has 0 atom stereocenters. The van der Waals surface area contributed by atoms with Crippen molar-refractivity contribution in [1.29, 1.82) is 0 Å². The summed E-state index contributed by atoms with van der Waals surface area (Å²) in [7, 11) is 3.45. The largest absolute Gasteiger partial charge is 0.494 e. The van der Waals surface area contributed by atoms with Crippen LogP contribution in [-0.2, 0) is 7.05 Å². The van der Waals surface area contributed by atoms with Crippen LogP contribution in [-0.4, -0.2) is 36.4 Å². The second-order valence-electron chi connectivity index (χ2n) is 5.20. The van der Waals surface area contributed by atoms with Gasteiger partial charge in [-0.15, -0.1) is 0 Å². The van der Waals surface area contributed by atoms with Crippen LogP contribution in [0.15, 0.2) is 43.0 Å². The van der Waals surface area contributed by atoms with Crippen molar-refractivity contribution in [3.63, 3.8) is 0 Å². The van der Waals surface area contributed by atoms with Gasteiger partial charge >= 0.3 is 0 Å². The summed E-state index contributed by atoms with van der Waals surface area (Å²) in [6.45, 7) is 0. The molecular formula is C16H13ClN6O. The average Bonchev–Trinajstić information content (AvgIpc) is 3.20. The van der Waals surface area contributed by atoms with Gasteiger partial charge in [0.2, 0.25) is 5.28 Å². The summed E-state index contributed by atoms with van der Waals surface area (Å²) >= 11 is 5.95. The van der Waals surface area contributed by atoms with Crippen molar-refractivity contribution in [3.05, 3.63) is 48.3 Å². The highest BCUT2D eigenvalue weighted by Crippen LogP contribution is 2.35. The highest BCUT2D eigenvalue weighted by molar-refractivity contribution is 6.28. The molecule has 0 amide bonds. The van der Waals surface area contributed by atoms with Crippen LogP contribution in [0.2, 0.25) is 5.28 Å². The Kier molecular flexibility index (Phi) is 3.42. The number of aryl methyl sites for hydroxylation is 1. The summed E-state index contributed by atoms with van der Waals surface area (Å²) in [4.78, 5) is 12.6. The van der Waals surface area contributed by atoms with Gasteiger partial charge in [0.1, 0.15) is 12.0 Å². The zero-order valence-electron chi connectivity index (χ0n) is 13.0. The van der Waals surface area contributed by atoms with Crippen molar-refractivity contribution in [1.82, 2.24) is 29.3 Å². The van der Waals surface area contributed by atoms with Crippen LogP contribution in [0.5, 0.6) is 5.75 Å². The van der Waals surface area contributed by atoms with Crippen LogP contribution >= 0.6 is 11.6 Å². The summed E-state index contributed by atoms with van der Waals surface area (Å²) < 4.78 is 9.22. The zero-order chi connectivity index (χ0) is 16.7. The Labute approximate surface area is 142 Å². The van der Waals surface area contributed by atoms with E-state index < -0.39 is 0 Å². The summed E-state index contributed by atoms with van der Waals surface area (Å²) in [5.41, 5.74) is 2.34. The van der Waals surface area contributed by atoms with Gasteiger partial charge in [-0.1, -0.05) is 6.07 Å². The van der Waals surface area contributed by atoms with Gasteiger partial charge in [-0.25, -0.2) is 9.97 Å². The lowest BCUT2D eigenvalue weighted by Crippen LogP contribution is -2.00. The van der Waals surface area contributed by atoms with Crippen molar-refractivity contribution in [3.8, 4) is 22.8 Å². The van der Waals surface area contributed by atoms with E-state index in [1.54, 1.807) is 24.3 Å². The highest BCUT2D eigenvalue weighted by Gasteiger charge is 2.17. The monoisotopic (exact) mass is 340 g/mol. The number of rotatable bonds is 3. The standard InChI is InChI=1S/C16H13ClN6O/c1-22-9-19-14(21-22)11-4-3-5-12(13(11)24-2)23-7-6-10-8-18-16(17)20-15(10)23/h3-9H,1-2H3. The maximum atomic E-state index is 5.95. The van der Waals surface area contributed by atoms with E-state index in [1.165, 1.54) is 0 Å². The lowest BCUT2D eigenvalue weighted by atomic mass is 10.1. The molecule has 4 rings (SSSR count). The number of halogens is 1. The molecule has 0 saturated heterocycles. The number of ether oxygens (including phenoxy) is 1. The first kappa shape index (κ1) is 14.6. The predicted octanol–water partition coefficient (Wildman–Crippen LogP) is 2.88. The third-order valence-electron chi connectivity index (χ3n) is 3.70. The maximum Gasteiger partial charge on any atom is 0.224 e. The third-order valence-corrected chi connectivity index (χ3v) is 3.88. The van der Waals surface area contributed by atoms with Crippen LogP contribution in [0.25, 0.3) is 28.1 Å². The molecule has 0 spiro atoms. The van der Waals surface area contributed by atoms with Crippen molar-refractivity contribution >= 4 is 22.6 Å². The molecule has 7 nitrogen and oxygen atoms in total. The average molecular weight is 341 g/mol. The lowest BCUT2D eigenvalue weighted by Gasteiger charge is -2.13. The van der Waals surface area contributed by atoms with E-state index in [0.29, 0.717) is 17.2 Å². The van der Waals surface area contributed by atoms with Crippen LogP contribution in [0.3, 0.4) is 0 Å². The van der Waals surface area contributed by atoms with Crippen molar-refractivity contribution in [2.24, 2.45) is 7.05 Å². The first-order chi connectivity index (χ1) is 11.7. The topological polar surface area (TPSA) is 70.7 Å². The fourth-order valence-corrected chi connectivity index (χ4v) is 2.79. The van der Waals surface area contributed by atoms with E-state index in [-0.39, 0.29) is 5.28 Å². The first-order valence-corrected chi connectivity index (χ1v) is 7.58. The molecule has 0 aliphatic carbocycles. The summed E-state index contributed by atoms with van der Waals surface area (Å²) in [6, 6.07) is 7.72. The Bertz CT molecular complexity index is 1040. The summed E-state index contributed by atoms with van der Waals surface area (Å²) in [5.74, 6) is 1.26. The zero-order valence-corrected chi connectivity index (χ0v) is 13.8. The summed E-state index contributed by atoms with van der Waals surface area (Å²) in [6.07, 6.45) is 5.25. The SMILES string of the molecule is COc1c(-c2ncn(C)n2)cccc1-n1ccc2cnc(Cl)nc21. The first-order valence-electron chi connectivity index (χ1n) is 7.20. The minimum Gasteiger partial charge on any atom is -0.494 e. The lowest BCUT2D eigenvalue weighted by molar-refractivity contribution is 0.414. The van der Waals surface area contributed by atoms with E-state index >= 15 is 0 Å². The second kappa shape index (κ2) is 5.61. The maximum absolute atomic E-state index is 5.95. The van der Waals surface area contributed by atoms with Gasteiger partial charge in [-0.2, -0.15) is 10.1 Å². The molecular weight excluding hydrogens is 328 g/mol. The summed E-state index contributed by atoms with van der Waals surface area (Å²) in [5, 5.41) is 5.45. The molecule has 0 aliphatic heterocycles. The van der Waals surface area contributed by atoms with E-state index in [4.69, 9.17) is 16.3 Å². The van der Waals surface area contributed by atoms with Crippen LogP contribution < -0.4 is 4.74 Å². The fourth-order valence-electron chi connectivity index (χ4n) is 2.66. The second-order valence-corrected chi connectivity index (χ2v) is 5.54. The van der Waals surface area contributed by atoms with Gasteiger partial charge in [0.05, 0.1) is 18.4 Å². The molecule has 0 N–H and O–H groups in total. The molecule has 0 aliphatic rings. The third kappa shape index (κ3) is 2.30. The number of hydrogen-bond donors (Lipinski definition) is 0. The Hall–Kier alpha value is -2.93. The molecule has 3 aromatic heterocycles. The molecule has 24 heavy (non-hydrogen) atoms. The molecule has 0 saturated carbocycles. The number of benzene rings is 1. The van der Waals surface area contributed by atoms with E-state index in [1.807, 2.05) is 42.1 Å². The van der Waals surface area contributed by atoms with Gasteiger partial charge in [-0.05, 0) is 29.8 Å². The van der Waals surface area contributed by atoms with Crippen molar-refractivity contribution < 1.29 is 4.74 Å². The van der Waals surface area contributed by atoms with Crippen LogP contribution in [0, 0.1) is 0 Å². The normalized spacial score (nSPS) is 11.1. The number of methoxy groups -OCH3 is 1. The minimum absolute atomic E-state index is 0.198. The molecule has 0 fully saturated rings. The van der Waals surface area contributed by atoms with Crippen LogP contribution in [0.4, 0.5) is 0 Å². The molecule has 3 heterocycles. The minimum atomic E-state index is 0.198. The molecule has 120 valence electrons. The number of fused-ring (bicyclic) bond motifs is 1. The Morgan fingerprint density at radius 3 is 2.79 bits per heavy atom. The van der Waals surface area contributed by atoms with E-state index in [9.17, 15) is 0 Å². The van der Waals surface area contributed by atoms with Crippen molar-refractivity contribution in [2.45, 2.75) is 0 Å². The Morgan fingerprint density at radius 1 is 1.17 bits per heavy atom. The number of nitrogens with zero attached hydrogens (tertiary/aromatic N) is 6. The molecule has 0 radical (unpaired) electrons. The van der Waals surface area contributed by atoms with Gasteiger partial charge in [0.25, 0.3) is 0 Å². The number of para-hydroxylation sites is 1. The number of aromatic nitrogens is 6. The van der Waals surface area contributed by atoms with E-state index in [2.05, 4.69) is 20.1 Å². The van der Waals surface area contributed by atoms with Crippen molar-refractivity contribution in [2.75, 3.05) is 7.11 Å². The van der Waals surface area contributed by atoms with Gasteiger partial charge in [-0.3, -0.25) is 9.25 Å². The molecule has 1 aromatic carbocycles. The van der Waals surface area contributed by atoms with Gasteiger partial charge in [0.15, 0.2) is 11.6 Å². The molecule has 4 aromatic rings. The van der Waals surface area contributed by atoms with Crippen LogP contribution in [0.1, 0.15) is 0 Å². The predicted molar refractivity (Wildman–Crippen MR) is 90.4 cm³/mol. The Balaban J connectivity index is 1.96. The molecule has 8 heteroatoms. The Morgan fingerprint density at radius 2 is 2.04 bits per heavy atom. The molecule has 0 unspecified atom stereocenters. The fraction of sp³-hybridized carbons (Fsp3) is 0.125. The van der Waals surface area contributed by atoms with Gasteiger partial charge < -0.3 is 4.74 Å². The smallest absolute Gasteiger partial charge is 0.224 e.